The van der Waals surface area contributed by atoms with Crippen LogP contribution in [-0.4, -0.2) is 37.6 Å². The van der Waals surface area contributed by atoms with Gasteiger partial charge in [0.2, 0.25) is 0 Å². The Hall–Kier alpha value is -0.0800. The van der Waals surface area contributed by atoms with Gasteiger partial charge in [-0.15, -0.1) is 0 Å². The Bertz CT molecular complexity index is 203. The van der Waals surface area contributed by atoms with Crippen LogP contribution in [0.5, 0.6) is 0 Å². The lowest BCUT2D eigenvalue weighted by Gasteiger charge is -2.46. The monoisotopic (exact) mass is 208 g/mol. The molecule has 0 aromatic heterocycles. The molecule has 2 heteroatoms. The lowest BCUT2D eigenvalue weighted by atomic mass is 9.73. The molecule has 1 atom stereocenters. The average Bonchev–Trinajstić information content (AvgIpc) is 2.32. The van der Waals surface area contributed by atoms with Crippen molar-refractivity contribution in [2.24, 2.45) is 17.8 Å². The van der Waals surface area contributed by atoms with Gasteiger partial charge in [-0.05, 0) is 76.0 Å². The van der Waals surface area contributed by atoms with E-state index in [1.165, 1.54) is 64.8 Å². The van der Waals surface area contributed by atoms with E-state index >= 15 is 0 Å². The summed E-state index contributed by atoms with van der Waals surface area (Å²) < 4.78 is 0. The second-order valence-electron chi connectivity index (χ2n) is 5.83. The Labute approximate surface area is 93.4 Å². The Balaban J connectivity index is 1.54. The first-order chi connectivity index (χ1) is 7.42. The summed E-state index contributed by atoms with van der Waals surface area (Å²) >= 11 is 0. The highest BCUT2D eigenvalue weighted by Gasteiger charge is 2.35. The molecule has 0 aromatic rings. The Kier molecular flexibility index (Phi) is 2.98. The van der Waals surface area contributed by atoms with Crippen LogP contribution in [0.15, 0.2) is 0 Å². The molecule has 0 radical (unpaired) electrons. The molecular formula is C13H24N2. The van der Waals surface area contributed by atoms with Crippen LogP contribution < -0.4 is 5.32 Å². The summed E-state index contributed by atoms with van der Waals surface area (Å²) in [6, 6.07) is 0. The molecule has 0 aromatic carbocycles. The summed E-state index contributed by atoms with van der Waals surface area (Å²) in [7, 11) is 0. The Morgan fingerprint density at radius 1 is 1.00 bits per heavy atom. The van der Waals surface area contributed by atoms with Crippen LogP contribution in [0, 0.1) is 17.8 Å². The molecule has 2 nitrogen and oxygen atoms in total. The molecule has 0 aliphatic carbocycles. The van der Waals surface area contributed by atoms with E-state index in [1.807, 2.05) is 0 Å². The molecule has 4 saturated heterocycles. The number of nitrogens with zero attached hydrogens (tertiary/aromatic N) is 1. The fourth-order valence-electron chi connectivity index (χ4n) is 3.90. The highest BCUT2D eigenvalue weighted by atomic mass is 15.1. The first-order valence-corrected chi connectivity index (χ1v) is 6.85. The van der Waals surface area contributed by atoms with Crippen molar-refractivity contribution in [2.75, 3.05) is 32.7 Å². The van der Waals surface area contributed by atoms with E-state index in [1.54, 1.807) is 0 Å². The van der Waals surface area contributed by atoms with Gasteiger partial charge in [0, 0.05) is 6.54 Å². The van der Waals surface area contributed by atoms with Gasteiger partial charge in [-0.3, -0.25) is 0 Å². The Morgan fingerprint density at radius 2 is 1.73 bits per heavy atom. The quantitative estimate of drug-likeness (QED) is 0.743. The zero-order chi connectivity index (χ0) is 10.1. The molecule has 4 fully saturated rings. The second kappa shape index (κ2) is 4.42. The first kappa shape index (κ1) is 10.1. The largest absolute Gasteiger partial charge is 0.317 e. The fraction of sp³-hybridized carbons (Fsp3) is 1.00. The van der Waals surface area contributed by atoms with Crippen molar-refractivity contribution in [3.63, 3.8) is 0 Å². The lowest BCUT2D eigenvalue weighted by Crippen LogP contribution is -2.48. The number of rotatable bonds is 2. The zero-order valence-electron chi connectivity index (χ0n) is 9.75. The normalized spacial score (nSPS) is 42.0. The number of hydrogen-bond acceptors (Lipinski definition) is 2. The van der Waals surface area contributed by atoms with E-state index in [9.17, 15) is 0 Å². The zero-order valence-corrected chi connectivity index (χ0v) is 9.75. The third-order valence-corrected chi connectivity index (χ3v) is 4.89. The maximum atomic E-state index is 3.48. The van der Waals surface area contributed by atoms with Crippen LogP contribution in [0.3, 0.4) is 0 Å². The highest BCUT2D eigenvalue weighted by molar-refractivity contribution is 4.88. The summed E-state index contributed by atoms with van der Waals surface area (Å²) in [5, 5.41) is 3.48. The van der Waals surface area contributed by atoms with E-state index in [4.69, 9.17) is 0 Å². The lowest BCUT2D eigenvalue weighted by molar-refractivity contribution is 0.0354. The van der Waals surface area contributed by atoms with Crippen molar-refractivity contribution in [2.45, 2.75) is 32.1 Å². The van der Waals surface area contributed by atoms with Gasteiger partial charge >= 0.3 is 0 Å². The van der Waals surface area contributed by atoms with E-state index in [-0.39, 0.29) is 0 Å². The molecule has 2 bridgehead atoms. The predicted octanol–water partition coefficient (Wildman–Crippen LogP) is 1.72. The minimum Gasteiger partial charge on any atom is -0.317 e. The third-order valence-electron chi connectivity index (χ3n) is 4.89. The summed E-state index contributed by atoms with van der Waals surface area (Å²) in [5.41, 5.74) is 0. The number of piperidine rings is 4. The van der Waals surface area contributed by atoms with Crippen LogP contribution in [0.2, 0.25) is 0 Å². The van der Waals surface area contributed by atoms with E-state index in [2.05, 4.69) is 10.2 Å². The van der Waals surface area contributed by atoms with Crippen LogP contribution in [0.1, 0.15) is 32.1 Å². The van der Waals surface area contributed by atoms with E-state index in [0.29, 0.717) is 0 Å². The standard InChI is InChI=1S/C13H24N2/c1-5-14-6-2-11(1)9-13-10-15-7-3-12(13)4-8-15/h11-14H,1-10H2. The molecule has 86 valence electrons. The predicted molar refractivity (Wildman–Crippen MR) is 62.9 cm³/mol. The van der Waals surface area contributed by atoms with Gasteiger partial charge in [-0.1, -0.05) is 0 Å². The summed E-state index contributed by atoms with van der Waals surface area (Å²) in [6.45, 7) is 6.76. The topological polar surface area (TPSA) is 15.3 Å². The maximum Gasteiger partial charge on any atom is 0.00124 e. The SMILES string of the molecule is C1CC(CC2CN3CCC2CC3)CCN1. The van der Waals surface area contributed by atoms with E-state index in [0.717, 1.165) is 17.8 Å². The molecule has 0 saturated carbocycles. The van der Waals surface area contributed by atoms with Crippen molar-refractivity contribution in [1.82, 2.24) is 10.2 Å². The third kappa shape index (κ3) is 2.21. The maximum absolute atomic E-state index is 3.48. The van der Waals surface area contributed by atoms with Gasteiger partial charge < -0.3 is 10.2 Å². The van der Waals surface area contributed by atoms with Gasteiger partial charge in [0.05, 0.1) is 0 Å². The smallest absolute Gasteiger partial charge is 0.00124 e. The molecule has 1 N–H and O–H groups in total. The molecule has 4 rings (SSSR count). The molecule has 0 spiro atoms. The molecule has 15 heavy (non-hydrogen) atoms. The number of nitrogens with one attached hydrogen (secondary N) is 1. The molecular weight excluding hydrogens is 184 g/mol. The van der Waals surface area contributed by atoms with E-state index < -0.39 is 0 Å². The molecule has 4 aliphatic rings. The van der Waals surface area contributed by atoms with Crippen LogP contribution in [-0.2, 0) is 0 Å². The van der Waals surface area contributed by atoms with Gasteiger partial charge in [-0.2, -0.15) is 0 Å². The van der Waals surface area contributed by atoms with Gasteiger partial charge in [-0.25, -0.2) is 0 Å². The number of hydrogen-bond donors (Lipinski definition) is 1. The van der Waals surface area contributed by atoms with Crippen molar-refractivity contribution >= 4 is 0 Å². The van der Waals surface area contributed by atoms with Gasteiger partial charge in [0.15, 0.2) is 0 Å². The second-order valence-corrected chi connectivity index (χ2v) is 5.83. The highest BCUT2D eigenvalue weighted by Crippen LogP contribution is 2.37. The fourth-order valence-corrected chi connectivity index (χ4v) is 3.90. The molecule has 0 amide bonds. The number of fused-ring (bicyclic) bond motifs is 3. The molecule has 1 unspecified atom stereocenters. The van der Waals surface area contributed by atoms with Crippen LogP contribution in [0.25, 0.3) is 0 Å². The van der Waals surface area contributed by atoms with Gasteiger partial charge in [0.1, 0.15) is 0 Å². The minimum absolute atomic E-state index is 1.04. The van der Waals surface area contributed by atoms with Crippen molar-refractivity contribution in [3.05, 3.63) is 0 Å². The van der Waals surface area contributed by atoms with Crippen LogP contribution >= 0.6 is 0 Å². The summed E-state index contributed by atoms with van der Waals surface area (Å²) in [6.07, 6.45) is 7.39. The molecule has 4 aliphatic heterocycles. The van der Waals surface area contributed by atoms with Crippen LogP contribution in [0.4, 0.5) is 0 Å². The van der Waals surface area contributed by atoms with Crippen molar-refractivity contribution in [1.29, 1.82) is 0 Å². The minimum atomic E-state index is 1.04. The summed E-state index contributed by atoms with van der Waals surface area (Å²) in [4.78, 5) is 2.70. The Morgan fingerprint density at radius 3 is 2.33 bits per heavy atom. The summed E-state index contributed by atoms with van der Waals surface area (Å²) in [5.74, 6) is 3.18. The van der Waals surface area contributed by atoms with Gasteiger partial charge in [0.25, 0.3) is 0 Å². The average molecular weight is 208 g/mol. The first-order valence-electron chi connectivity index (χ1n) is 6.85. The van der Waals surface area contributed by atoms with Crippen molar-refractivity contribution < 1.29 is 0 Å². The van der Waals surface area contributed by atoms with Crippen molar-refractivity contribution in [3.8, 4) is 0 Å². The molecule has 4 heterocycles.